The fourth-order valence-electron chi connectivity index (χ4n) is 7.62. The van der Waals surface area contributed by atoms with Crippen molar-refractivity contribution < 1.29 is 9.53 Å². The third-order valence-corrected chi connectivity index (χ3v) is 11.1. The summed E-state index contributed by atoms with van der Waals surface area (Å²) < 4.78 is 7.69. The Hall–Kier alpha value is -3.60. The molecule has 1 aliphatic heterocycles. The molecule has 1 fully saturated rings. The van der Waals surface area contributed by atoms with Crippen LogP contribution in [0.2, 0.25) is 0 Å². The molecule has 0 saturated carbocycles. The largest absolute Gasteiger partial charge is 0.496 e. The van der Waals surface area contributed by atoms with Crippen molar-refractivity contribution in [1.82, 2.24) is 30.0 Å². The minimum Gasteiger partial charge on any atom is -0.496 e. The number of piperazine rings is 1. The Labute approximate surface area is 332 Å². The molecule has 308 valence electrons. The summed E-state index contributed by atoms with van der Waals surface area (Å²) in [5.41, 5.74) is 9.54. The molecule has 11 heteroatoms. The fourth-order valence-corrected chi connectivity index (χ4v) is 7.62. The van der Waals surface area contributed by atoms with E-state index in [4.69, 9.17) is 15.6 Å². The number of benzene rings is 1. The van der Waals surface area contributed by atoms with Gasteiger partial charge in [0.1, 0.15) is 11.3 Å². The van der Waals surface area contributed by atoms with E-state index in [2.05, 4.69) is 57.5 Å². The average molecular weight is 762 g/mol. The van der Waals surface area contributed by atoms with Crippen LogP contribution in [-0.4, -0.2) is 83.5 Å². The van der Waals surface area contributed by atoms with E-state index in [1.807, 2.05) is 15.8 Å². The first kappa shape index (κ1) is 44.1. The van der Waals surface area contributed by atoms with Gasteiger partial charge < -0.3 is 30.9 Å². The molecule has 0 radical (unpaired) electrons. The van der Waals surface area contributed by atoms with Crippen molar-refractivity contribution in [1.29, 1.82) is 0 Å². The molecule has 4 N–H and O–H groups in total. The number of aromatic nitrogens is 4. The van der Waals surface area contributed by atoms with Crippen molar-refractivity contribution in [2.24, 2.45) is 0 Å². The zero-order valence-electron chi connectivity index (χ0n) is 34.9. The van der Waals surface area contributed by atoms with Gasteiger partial charge in [0.05, 0.1) is 19.9 Å². The summed E-state index contributed by atoms with van der Waals surface area (Å²) in [4.78, 5) is 26.1. The lowest BCUT2D eigenvalue weighted by Crippen LogP contribution is -2.48. The van der Waals surface area contributed by atoms with Crippen LogP contribution < -0.4 is 26.0 Å². The third kappa shape index (κ3) is 16.2. The van der Waals surface area contributed by atoms with Crippen LogP contribution in [0.4, 0.5) is 17.5 Å². The van der Waals surface area contributed by atoms with Gasteiger partial charge in [-0.2, -0.15) is 10.1 Å². The van der Waals surface area contributed by atoms with E-state index >= 15 is 0 Å². The SMILES string of the molecule is CCCCCCCCCCCCCCCCCCNCCCCC(=O)N1CCN(c2ccc(Cn3cc4nc(N)nc(NCCCC)c4n3)c(OC)c2)CC1. The highest BCUT2D eigenvalue weighted by molar-refractivity contribution is 5.85. The number of nitrogens with zero attached hydrogens (tertiary/aromatic N) is 6. The number of amides is 1. The lowest BCUT2D eigenvalue weighted by Gasteiger charge is -2.36. The summed E-state index contributed by atoms with van der Waals surface area (Å²) >= 11 is 0. The van der Waals surface area contributed by atoms with Gasteiger partial charge in [0, 0.05) is 56.5 Å². The Bertz CT molecular complexity index is 1490. The maximum Gasteiger partial charge on any atom is 0.222 e. The smallest absolute Gasteiger partial charge is 0.222 e. The lowest BCUT2D eigenvalue weighted by molar-refractivity contribution is -0.131. The van der Waals surface area contributed by atoms with Gasteiger partial charge in [0.2, 0.25) is 11.9 Å². The number of carbonyl (C=O) groups is 1. The summed E-state index contributed by atoms with van der Waals surface area (Å²) in [7, 11) is 1.71. The van der Waals surface area contributed by atoms with Crippen molar-refractivity contribution >= 4 is 34.4 Å². The van der Waals surface area contributed by atoms with E-state index in [0.29, 0.717) is 29.8 Å². The molecule has 1 amide bonds. The van der Waals surface area contributed by atoms with Crippen molar-refractivity contribution in [2.75, 3.05) is 68.9 Å². The second-order valence-electron chi connectivity index (χ2n) is 15.6. The second kappa shape index (κ2) is 26.3. The van der Waals surface area contributed by atoms with E-state index in [-0.39, 0.29) is 11.9 Å². The van der Waals surface area contributed by atoms with Gasteiger partial charge in [-0.05, 0) is 44.8 Å². The molecule has 11 nitrogen and oxygen atoms in total. The number of anilines is 3. The van der Waals surface area contributed by atoms with Gasteiger partial charge in [-0.25, -0.2) is 4.98 Å². The molecule has 55 heavy (non-hydrogen) atoms. The van der Waals surface area contributed by atoms with E-state index in [1.54, 1.807) is 7.11 Å². The number of methoxy groups -OCH3 is 1. The molecule has 1 aliphatic rings. The first-order valence-electron chi connectivity index (χ1n) is 22.2. The minimum atomic E-state index is 0.234. The molecule has 3 heterocycles. The Morgan fingerprint density at radius 2 is 1.35 bits per heavy atom. The summed E-state index contributed by atoms with van der Waals surface area (Å²) in [5.74, 6) is 2.00. The topological polar surface area (TPSA) is 126 Å². The number of unbranched alkanes of at least 4 members (excludes halogenated alkanes) is 17. The normalized spacial score (nSPS) is 13.2. The molecule has 2 aromatic heterocycles. The zero-order chi connectivity index (χ0) is 38.9. The summed E-state index contributed by atoms with van der Waals surface area (Å²) in [5, 5.41) is 11.7. The second-order valence-corrected chi connectivity index (χ2v) is 15.6. The highest BCUT2D eigenvalue weighted by Gasteiger charge is 2.22. The van der Waals surface area contributed by atoms with Crippen LogP contribution in [-0.2, 0) is 11.3 Å². The molecule has 0 atom stereocenters. The molecule has 4 rings (SSSR count). The quantitative estimate of drug-likeness (QED) is 0.0570. The first-order valence-corrected chi connectivity index (χ1v) is 22.2. The van der Waals surface area contributed by atoms with Crippen LogP contribution in [0.5, 0.6) is 5.75 Å². The van der Waals surface area contributed by atoms with Crippen LogP contribution in [0.15, 0.2) is 24.4 Å². The van der Waals surface area contributed by atoms with Crippen LogP contribution in [0, 0.1) is 0 Å². The highest BCUT2D eigenvalue weighted by atomic mass is 16.5. The van der Waals surface area contributed by atoms with Crippen LogP contribution >= 0.6 is 0 Å². The maximum absolute atomic E-state index is 13.0. The number of nitrogen functional groups attached to an aromatic ring is 1. The molecule has 1 aromatic carbocycles. The highest BCUT2D eigenvalue weighted by Crippen LogP contribution is 2.28. The number of nitrogens with one attached hydrogen (secondary N) is 2. The summed E-state index contributed by atoms with van der Waals surface area (Å²) in [6.07, 6.45) is 29.2. The molecule has 0 spiro atoms. The van der Waals surface area contributed by atoms with Crippen LogP contribution in [0.1, 0.15) is 154 Å². The molecule has 0 bridgehead atoms. The van der Waals surface area contributed by atoms with Crippen molar-refractivity contribution in [3.05, 3.63) is 30.0 Å². The standard InChI is InChI=1S/C44H75N9O2/c1-4-6-8-9-10-11-12-13-14-15-16-17-18-19-20-22-27-46-28-23-21-24-41(54)52-32-30-51(31-33-52)38-26-25-37(40(34-38)55-3)35-53-36-39-42(50-53)43(47-29-7-5-2)49-44(45)48-39/h25-26,34,36,46H,4-24,27-33,35H2,1-3H3,(H3,45,47,48,49). The van der Waals surface area contributed by atoms with E-state index < -0.39 is 0 Å². The Balaban J connectivity index is 1.03. The number of rotatable bonds is 30. The molecular formula is C44H75N9O2. The monoisotopic (exact) mass is 762 g/mol. The van der Waals surface area contributed by atoms with E-state index in [9.17, 15) is 4.79 Å². The van der Waals surface area contributed by atoms with Crippen LogP contribution in [0.25, 0.3) is 11.0 Å². The number of fused-ring (bicyclic) bond motifs is 1. The average Bonchev–Trinajstić information content (AvgIpc) is 3.61. The van der Waals surface area contributed by atoms with Crippen molar-refractivity contribution in [3.8, 4) is 5.75 Å². The molecule has 1 saturated heterocycles. The first-order chi connectivity index (χ1) is 27.0. The van der Waals surface area contributed by atoms with Gasteiger partial charge in [-0.1, -0.05) is 123 Å². The summed E-state index contributed by atoms with van der Waals surface area (Å²) in [6.45, 7) is 11.0. The molecular weight excluding hydrogens is 687 g/mol. The minimum absolute atomic E-state index is 0.234. The van der Waals surface area contributed by atoms with E-state index in [1.165, 1.54) is 103 Å². The van der Waals surface area contributed by atoms with Gasteiger partial charge in [0.25, 0.3) is 0 Å². The summed E-state index contributed by atoms with van der Waals surface area (Å²) in [6, 6.07) is 6.34. The lowest BCUT2D eigenvalue weighted by atomic mass is 10.0. The molecule has 0 unspecified atom stereocenters. The van der Waals surface area contributed by atoms with Gasteiger partial charge in [-0.3, -0.25) is 9.48 Å². The predicted molar refractivity (Wildman–Crippen MR) is 230 cm³/mol. The van der Waals surface area contributed by atoms with E-state index in [0.717, 1.165) is 88.5 Å². The fraction of sp³-hybridized carbons (Fsp3) is 0.727. The Morgan fingerprint density at radius 1 is 0.745 bits per heavy atom. The number of ether oxygens (including phenoxy) is 1. The van der Waals surface area contributed by atoms with Gasteiger partial charge in [0.15, 0.2) is 11.3 Å². The predicted octanol–water partition coefficient (Wildman–Crippen LogP) is 9.35. The van der Waals surface area contributed by atoms with Crippen molar-refractivity contribution in [3.63, 3.8) is 0 Å². The number of carbonyl (C=O) groups excluding carboxylic acids is 1. The van der Waals surface area contributed by atoms with Gasteiger partial charge >= 0.3 is 0 Å². The number of hydrogen-bond donors (Lipinski definition) is 3. The maximum atomic E-state index is 13.0. The number of hydrogen-bond acceptors (Lipinski definition) is 9. The Morgan fingerprint density at radius 3 is 1.96 bits per heavy atom. The molecule has 3 aromatic rings. The van der Waals surface area contributed by atoms with Gasteiger partial charge in [-0.15, -0.1) is 0 Å². The number of nitrogens with two attached hydrogens (primary N) is 1. The zero-order valence-corrected chi connectivity index (χ0v) is 34.9. The Kier molecular flexibility index (Phi) is 21.1. The van der Waals surface area contributed by atoms with Crippen LogP contribution in [0.3, 0.4) is 0 Å². The molecule has 0 aliphatic carbocycles. The third-order valence-electron chi connectivity index (χ3n) is 11.1. The van der Waals surface area contributed by atoms with Crippen molar-refractivity contribution in [2.45, 2.75) is 155 Å².